The third kappa shape index (κ3) is 3.81. The number of carboxylic acids is 1. The van der Waals surface area contributed by atoms with Crippen LogP contribution < -0.4 is 5.32 Å². The average Bonchev–Trinajstić information content (AvgIpc) is 2.73. The molecule has 0 saturated heterocycles. The van der Waals surface area contributed by atoms with E-state index in [1.54, 1.807) is 13.8 Å². The minimum absolute atomic E-state index is 0.0943. The molecule has 1 rings (SSSR count). The van der Waals surface area contributed by atoms with Gasteiger partial charge in [-0.1, -0.05) is 39.8 Å². The number of hydrogen-bond donors (Lipinski definition) is 2. The highest BCUT2D eigenvalue weighted by atomic mass is 16.5. The maximum absolute atomic E-state index is 11.9. The summed E-state index contributed by atoms with van der Waals surface area (Å²) in [4.78, 5) is 22.9. The average molecular weight is 268 g/mol. The van der Waals surface area contributed by atoms with Crippen LogP contribution in [0.15, 0.2) is 10.6 Å². The van der Waals surface area contributed by atoms with Crippen LogP contribution in [0.1, 0.15) is 50.9 Å². The first-order valence-electron chi connectivity index (χ1n) is 6.13. The molecule has 19 heavy (non-hydrogen) atoms. The minimum atomic E-state index is -1.07. The molecule has 0 unspecified atom stereocenters. The monoisotopic (exact) mass is 268 g/mol. The number of nitrogens with zero attached hydrogens (tertiary/aromatic N) is 1. The van der Waals surface area contributed by atoms with E-state index >= 15 is 0 Å². The highest BCUT2D eigenvalue weighted by Gasteiger charge is 2.27. The lowest BCUT2D eigenvalue weighted by molar-refractivity contribution is -0.140. The molecular formula is C13H20N2O4. The van der Waals surface area contributed by atoms with Gasteiger partial charge in [-0.3, -0.25) is 4.79 Å². The molecule has 0 saturated carbocycles. The number of aromatic nitrogens is 1. The van der Waals surface area contributed by atoms with Crippen LogP contribution in [0.25, 0.3) is 0 Å². The lowest BCUT2D eigenvalue weighted by Crippen LogP contribution is -2.44. The molecule has 0 aliphatic heterocycles. The zero-order valence-corrected chi connectivity index (χ0v) is 11.9. The standard InChI is InChI=1S/C13H20N2O4/c1-7(2)10(12(17)18)14-11(16)8-6-9(19-15-8)13(3,4)5/h6-7,10H,1-5H3,(H,14,16)(H,17,18)/t10-/m0/s1. The van der Waals surface area contributed by atoms with E-state index in [4.69, 9.17) is 9.63 Å². The Morgan fingerprint density at radius 3 is 2.32 bits per heavy atom. The molecule has 1 atom stereocenters. The van der Waals surface area contributed by atoms with Gasteiger partial charge in [-0.05, 0) is 5.92 Å². The van der Waals surface area contributed by atoms with Gasteiger partial charge in [0, 0.05) is 11.5 Å². The van der Waals surface area contributed by atoms with E-state index in [2.05, 4.69) is 10.5 Å². The third-order valence-electron chi connectivity index (χ3n) is 2.70. The highest BCUT2D eigenvalue weighted by molar-refractivity contribution is 5.95. The van der Waals surface area contributed by atoms with Crippen molar-refractivity contribution < 1.29 is 19.2 Å². The third-order valence-corrected chi connectivity index (χ3v) is 2.70. The number of nitrogens with one attached hydrogen (secondary N) is 1. The van der Waals surface area contributed by atoms with Crippen molar-refractivity contribution in [1.82, 2.24) is 10.5 Å². The number of hydrogen-bond acceptors (Lipinski definition) is 4. The van der Waals surface area contributed by atoms with Crippen molar-refractivity contribution in [2.45, 2.75) is 46.1 Å². The molecule has 0 spiro atoms. The molecule has 6 heteroatoms. The van der Waals surface area contributed by atoms with Crippen molar-refractivity contribution in [2.75, 3.05) is 0 Å². The van der Waals surface area contributed by atoms with Crippen LogP contribution in [0.4, 0.5) is 0 Å². The fourth-order valence-electron chi connectivity index (χ4n) is 1.46. The van der Waals surface area contributed by atoms with Crippen LogP contribution in [0.2, 0.25) is 0 Å². The van der Waals surface area contributed by atoms with Crippen LogP contribution in [-0.2, 0) is 10.2 Å². The van der Waals surface area contributed by atoms with Gasteiger partial charge in [0.15, 0.2) is 5.69 Å². The Labute approximate surface area is 112 Å². The van der Waals surface area contributed by atoms with Gasteiger partial charge in [0.1, 0.15) is 11.8 Å². The number of rotatable bonds is 4. The topological polar surface area (TPSA) is 92.4 Å². The first kappa shape index (κ1) is 15.2. The van der Waals surface area contributed by atoms with Crippen molar-refractivity contribution >= 4 is 11.9 Å². The van der Waals surface area contributed by atoms with Crippen molar-refractivity contribution in [2.24, 2.45) is 5.92 Å². The molecule has 1 aromatic heterocycles. The van der Waals surface area contributed by atoms with E-state index in [0.717, 1.165) is 0 Å². The molecule has 0 aliphatic carbocycles. The Morgan fingerprint density at radius 1 is 1.37 bits per heavy atom. The van der Waals surface area contributed by atoms with Crippen LogP contribution in [0.5, 0.6) is 0 Å². The number of carboxylic acid groups (broad SMARTS) is 1. The molecule has 2 N–H and O–H groups in total. The Hall–Kier alpha value is -1.85. The second-order valence-corrected chi connectivity index (χ2v) is 5.86. The second-order valence-electron chi connectivity index (χ2n) is 5.86. The van der Waals surface area contributed by atoms with Gasteiger partial charge in [0.25, 0.3) is 5.91 Å². The van der Waals surface area contributed by atoms with Gasteiger partial charge < -0.3 is 14.9 Å². The highest BCUT2D eigenvalue weighted by Crippen LogP contribution is 2.22. The van der Waals surface area contributed by atoms with E-state index in [0.29, 0.717) is 5.76 Å². The fraction of sp³-hybridized carbons (Fsp3) is 0.615. The Balaban J connectivity index is 2.84. The maximum atomic E-state index is 11.9. The largest absolute Gasteiger partial charge is 0.480 e. The molecule has 6 nitrogen and oxygen atoms in total. The van der Waals surface area contributed by atoms with Crippen LogP contribution in [-0.4, -0.2) is 28.2 Å². The zero-order valence-electron chi connectivity index (χ0n) is 11.9. The Kier molecular flexibility index (Phi) is 4.34. The number of amides is 1. The van der Waals surface area contributed by atoms with Crippen LogP contribution in [0, 0.1) is 5.92 Å². The van der Waals surface area contributed by atoms with E-state index in [9.17, 15) is 9.59 Å². The normalized spacial score (nSPS) is 13.4. The summed E-state index contributed by atoms with van der Waals surface area (Å²) in [6.07, 6.45) is 0. The quantitative estimate of drug-likeness (QED) is 0.868. The molecule has 0 fully saturated rings. The summed E-state index contributed by atoms with van der Waals surface area (Å²) >= 11 is 0. The summed E-state index contributed by atoms with van der Waals surface area (Å²) in [5, 5.41) is 15.1. The molecule has 0 aliphatic rings. The summed E-state index contributed by atoms with van der Waals surface area (Å²) in [6.45, 7) is 9.25. The fourth-order valence-corrected chi connectivity index (χ4v) is 1.46. The van der Waals surface area contributed by atoms with E-state index in [-0.39, 0.29) is 17.0 Å². The molecule has 0 bridgehead atoms. The predicted molar refractivity (Wildman–Crippen MR) is 68.9 cm³/mol. The van der Waals surface area contributed by atoms with Crippen molar-refractivity contribution in [1.29, 1.82) is 0 Å². The van der Waals surface area contributed by atoms with Gasteiger partial charge in [-0.15, -0.1) is 0 Å². The van der Waals surface area contributed by atoms with Crippen LogP contribution >= 0.6 is 0 Å². The molecular weight excluding hydrogens is 248 g/mol. The lowest BCUT2D eigenvalue weighted by Gasteiger charge is -2.16. The van der Waals surface area contributed by atoms with E-state index in [1.807, 2.05) is 20.8 Å². The molecule has 0 aromatic carbocycles. The van der Waals surface area contributed by atoms with Crippen molar-refractivity contribution in [3.05, 3.63) is 17.5 Å². The first-order valence-corrected chi connectivity index (χ1v) is 6.13. The molecule has 106 valence electrons. The maximum Gasteiger partial charge on any atom is 0.326 e. The zero-order chi connectivity index (χ0) is 14.8. The molecule has 1 heterocycles. The van der Waals surface area contributed by atoms with Gasteiger partial charge in [0.05, 0.1) is 0 Å². The number of carbonyl (C=O) groups is 2. The van der Waals surface area contributed by atoms with E-state index in [1.165, 1.54) is 6.07 Å². The second kappa shape index (κ2) is 5.42. The van der Waals surface area contributed by atoms with E-state index < -0.39 is 17.9 Å². The van der Waals surface area contributed by atoms with Gasteiger partial charge in [-0.2, -0.15) is 0 Å². The summed E-state index contributed by atoms with van der Waals surface area (Å²) in [6, 6.07) is 0.594. The van der Waals surface area contributed by atoms with Crippen molar-refractivity contribution in [3.63, 3.8) is 0 Å². The summed E-state index contributed by atoms with van der Waals surface area (Å²) < 4.78 is 5.09. The van der Waals surface area contributed by atoms with Crippen LogP contribution in [0.3, 0.4) is 0 Å². The number of aliphatic carboxylic acids is 1. The molecule has 0 radical (unpaired) electrons. The van der Waals surface area contributed by atoms with Gasteiger partial charge >= 0.3 is 5.97 Å². The molecule has 1 amide bonds. The SMILES string of the molecule is CC(C)[C@H](NC(=O)c1cc(C(C)(C)C)on1)C(=O)O. The number of carbonyl (C=O) groups excluding carboxylic acids is 1. The predicted octanol–water partition coefficient (Wildman–Crippen LogP) is 1.81. The van der Waals surface area contributed by atoms with Gasteiger partial charge in [-0.25, -0.2) is 4.79 Å². The smallest absolute Gasteiger partial charge is 0.326 e. The minimum Gasteiger partial charge on any atom is -0.480 e. The summed E-state index contributed by atoms with van der Waals surface area (Å²) in [7, 11) is 0. The lowest BCUT2D eigenvalue weighted by atomic mass is 9.93. The van der Waals surface area contributed by atoms with Crippen molar-refractivity contribution in [3.8, 4) is 0 Å². The van der Waals surface area contributed by atoms with Gasteiger partial charge in [0.2, 0.25) is 0 Å². The summed E-state index contributed by atoms with van der Waals surface area (Å²) in [5.74, 6) is -1.24. The molecule has 1 aromatic rings. The Bertz CT molecular complexity index is 471. The Morgan fingerprint density at radius 2 is 1.95 bits per heavy atom. The first-order chi connectivity index (χ1) is 8.62. The summed E-state index contributed by atoms with van der Waals surface area (Å²) in [5.41, 5.74) is -0.160.